The van der Waals surface area contributed by atoms with Gasteiger partial charge in [0, 0.05) is 26.1 Å². The molecule has 2 aromatic rings. The Morgan fingerprint density at radius 3 is 2.09 bits per heavy atom. The van der Waals surface area contributed by atoms with Gasteiger partial charge in [-0.05, 0) is 86.3 Å². The summed E-state index contributed by atoms with van der Waals surface area (Å²) in [7, 11) is 0. The highest BCUT2D eigenvalue weighted by Crippen LogP contribution is 2.59. The first-order valence-electron chi connectivity index (χ1n) is 19.5. The van der Waals surface area contributed by atoms with Crippen molar-refractivity contribution < 1.29 is 19.2 Å². The highest BCUT2D eigenvalue weighted by Gasteiger charge is 2.55. The summed E-state index contributed by atoms with van der Waals surface area (Å²) in [5, 5.41) is 8.61. The molecule has 5 atom stereocenters. The zero-order valence-corrected chi connectivity index (χ0v) is 32.1. The van der Waals surface area contributed by atoms with Gasteiger partial charge in [-0.25, -0.2) is 0 Å². The van der Waals surface area contributed by atoms with Crippen LogP contribution in [0.1, 0.15) is 69.9 Å². The van der Waals surface area contributed by atoms with Crippen LogP contribution in [-0.2, 0) is 32.0 Å². The number of likely N-dealkylation sites (tertiary alicyclic amines) is 1. The van der Waals surface area contributed by atoms with Crippen LogP contribution in [0.25, 0.3) is 0 Å². The van der Waals surface area contributed by atoms with Crippen LogP contribution in [-0.4, -0.2) is 96.7 Å². The lowest BCUT2D eigenvalue weighted by molar-refractivity contribution is -0.146. The molecule has 13 N–H and O–H groups in total. The number of nitrogens with two attached hydrogens (primary N) is 5. The summed E-state index contributed by atoms with van der Waals surface area (Å²) >= 11 is 0. The van der Waals surface area contributed by atoms with Gasteiger partial charge in [0.2, 0.25) is 23.6 Å². The van der Waals surface area contributed by atoms with Gasteiger partial charge in [-0.2, -0.15) is 0 Å². The van der Waals surface area contributed by atoms with Crippen LogP contribution in [0.3, 0.4) is 0 Å². The van der Waals surface area contributed by atoms with Gasteiger partial charge in [0.25, 0.3) is 0 Å². The van der Waals surface area contributed by atoms with E-state index >= 15 is 0 Å². The molecule has 4 rings (SSSR count). The Morgan fingerprint density at radius 2 is 1.50 bits per heavy atom. The van der Waals surface area contributed by atoms with Crippen LogP contribution in [0.4, 0.5) is 0 Å². The maximum Gasteiger partial charge on any atom is 0.245 e. The maximum absolute atomic E-state index is 14.4. The molecule has 1 heterocycles. The fourth-order valence-electron chi connectivity index (χ4n) is 7.77. The van der Waals surface area contributed by atoms with E-state index in [0.29, 0.717) is 51.9 Å². The fourth-order valence-corrected chi connectivity index (χ4v) is 7.77. The molecule has 298 valence electrons. The normalized spacial score (nSPS) is 20.0. The second-order valence-electron chi connectivity index (χ2n) is 15.6. The summed E-state index contributed by atoms with van der Waals surface area (Å²) in [6.45, 7) is 5.73. The van der Waals surface area contributed by atoms with Gasteiger partial charge < -0.3 is 49.1 Å². The molecule has 2 unspecified atom stereocenters. The molecule has 54 heavy (non-hydrogen) atoms. The standard InChI is InChI=1S/C40H64N10O4/c1-27(2)26-50(33(16-9-10-19-46-39(44)45)38(54)49-20-11-17-40(18-21-49)24-30(40)35(42)43)34(51)25-47-37(53)32(23-29-14-7-4-8-15-29)48-36(52)31(41)22-28-12-5-3-6-13-28/h3-8,12-15,27,30-33,35,39,46H,9-11,16-26,41-45H2,1-2H3,(H,47,53)(H,48,52)/t30?,31-,32-,33-,40?/m1/s1. The number of amides is 4. The van der Waals surface area contributed by atoms with Crippen LogP contribution in [0.5, 0.6) is 0 Å². The molecule has 4 amide bonds. The lowest BCUT2D eigenvalue weighted by atomic mass is 9.93. The zero-order chi connectivity index (χ0) is 39.3. The third-order valence-electron chi connectivity index (χ3n) is 10.8. The molecule has 1 aliphatic carbocycles. The number of benzene rings is 2. The Balaban J connectivity index is 1.48. The van der Waals surface area contributed by atoms with E-state index < -0.39 is 36.2 Å². The maximum atomic E-state index is 14.4. The number of nitrogens with one attached hydrogen (secondary N) is 3. The molecule has 2 fully saturated rings. The number of rotatable bonds is 20. The van der Waals surface area contributed by atoms with Crippen molar-refractivity contribution in [3.63, 3.8) is 0 Å². The number of carbonyl (C=O) groups excluding carboxylic acids is 4. The first-order valence-corrected chi connectivity index (χ1v) is 19.5. The minimum atomic E-state index is -0.982. The van der Waals surface area contributed by atoms with Gasteiger partial charge in [-0.15, -0.1) is 0 Å². The minimum Gasteiger partial charge on any atom is -0.345 e. The number of carbonyl (C=O) groups is 4. The minimum absolute atomic E-state index is 0.0544. The molecule has 14 nitrogen and oxygen atoms in total. The van der Waals surface area contributed by atoms with Crippen molar-refractivity contribution in [2.45, 2.75) is 102 Å². The number of unbranched alkanes of at least 4 members (excludes halogenated alkanes) is 1. The molecular weight excluding hydrogens is 685 g/mol. The zero-order valence-electron chi connectivity index (χ0n) is 32.1. The van der Waals surface area contributed by atoms with E-state index in [2.05, 4.69) is 16.0 Å². The predicted molar refractivity (Wildman–Crippen MR) is 211 cm³/mol. The van der Waals surface area contributed by atoms with Crippen LogP contribution in [0.15, 0.2) is 60.7 Å². The van der Waals surface area contributed by atoms with E-state index in [-0.39, 0.29) is 48.2 Å². The Bertz CT molecular complexity index is 1490. The second kappa shape index (κ2) is 20.7. The number of hydrogen-bond donors (Lipinski definition) is 8. The fraction of sp³-hybridized carbons (Fsp3) is 0.600. The summed E-state index contributed by atoms with van der Waals surface area (Å²) in [5.41, 5.74) is 31.5. The van der Waals surface area contributed by atoms with Gasteiger partial charge >= 0.3 is 0 Å². The van der Waals surface area contributed by atoms with Crippen molar-refractivity contribution in [1.29, 1.82) is 0 Å². The highest BCUT2D eigenvalue weighted by atomic mass is 16.2. The Labute approximate surface area is 320 Å². The van der Waals surface area contributed by atoms with Crippen LogP contribution >= 0.6 is 0 Å². The third-order valence-corrected chi connectivity index (χ3v) is 10.8. The first kappa shape index (κ1) is 42.8. The predicted octanol–water partition coefficient (Wildman–Crippen LogP) is 0.477. The number of hydrogen-bond acceptors (Lipinski definition) is 10. The molecule has 14 heteroatoms. The summed E-state index contributed by atoms with van der Waals surface area (Å²) in [4.78, 5) is 59.2. The lowest BCUT2D eigenvalue weighted by Gasteiger charge is -2.36. The Hall–Kier alpha value is -3.92. The molecule has 0 bridgehead atoms. The van der Waals surface area contributed by atoms with Gasteiger partial charge in [-0.1, -0.05) is 74.5 Å². The van der Waals surface area contributed by atoms with Gasteiger partial charge in [0.1, 0.15) is 18.4 Å². The molecule has 2 aromatic carbocycles. The van der Waals surface area contributed by atoms with Crippen molar-refractivity contribution >= 4 is 23.6 Å². The smallest absolute Gasteiger partial charge is 0.245 e. The van der Waals surface area contributed by atoms with Gasteiger partial charge in [-0.3, -0.25) is 24.5 Å². The van der Waals surface area contributed by atoms with Gasteiger partial charge in [0.15, 0.2) is 0 Å². The van der Waals surface area contributed by atoms with Gasteiger partial charge in [0.05, 0.1) is 18.8 Å². The molecule has 1 saturated heterocycles. The van der Waals surface area contributed by atoms with Crippen LogP contribution < -0.4 is 44.6 Å². The van der Waals surface area contributed by atoms with E-state index in [0.717, 1.165) is 36.8 Å². The molecule has 1 aliphatic heterocycles. The Morgan fingerprint density at radius 1 is 0.852 bits per heavy atom. The van der Waals surface area contributed by atoms with Crippen molar-refractivity contribution in [3.8, 4) is 0 Å². The van der Waals surface area contributed by atoms with Crippen LogP contribution in [0.2, 0.25) is 0 Å². The highest BCUT2D eigenvalue weighted by molar-refractivity contribution is 5.93. The largest absolute Gasteiger partial charge is 0.345 e. The quantitative estimate of drug-likeness (QED) is 0.0688. The van der Waals surface area contributed by atoms with Crippen molar-refractivity contribution in [2.24, 2.45) is 45.9 Å². The molecule has 1 saturated carbocycles. The average molecular weight is 749 g/mol. The van der Waals surface area contributed by atoms with E-state index in [9.17, 15) is 19.2 Å². The van der Waals surface area contributed by atoms with E-state index in [1.54, 1.807) is 4.90 Å². The summed E-state index contributed by atoms with van der Waals surface area (Å²) in [6.07, 6.45) is 4.93. The van der Waals surface area contributed by atoms with Crippen LogP contribution in [0, 0.1) is 17.3 Å². The monoisotopic (exact) mass is 749 g/mol. The second-order valence-corrected chi connectivity index (χ2v) is 15.6. The molecule has 0 aromatic heterocycles. The summed E-state index contributed by atoms with van der Waals surface area (Å²) in [5.74, 6) is -1.12. The summed E-state index contributed by atoms with van der Waals surface area (Å²) < 4.78 is 0. The first-order chi connectivity index (χ1) is 25.8. The molecule has 2 aliphatic rings. The molecular formula is C40H64N10O4. The SMILES string of the molecule is CC(C)CN(C(=O)CNC(=O)[C@@H](Cc1ccccc1)NC(=O)[C@H](N)Cc1ccccc1)[C@H](CCCCNC(N)N)C(=O)N1CCCC2(CC1)CC2C(N)N. The van der Waals surface area contributed by atoms with Crippen molar-refractivity contribution in [3.05, 3.63) is 71.8 Å². The van der Waals surface area contributed by atoms with E-state index in [1.807, 2.05) is 79.4 Å². The van der Waals surface area contributed by atoms with E-state index in [4.69, 9.17) is 28.7 Å². The summed E-state index contributed by atoms with van der Waals surface area (Å²) in [6, 6.07) is 16.2. The van der Waals surface area contributed by atoms with E-state index in [1.165, 1.54) is 0 Å². The Kier molecular flexibility index (Phi) is 16.4. The topological polar surface area (TPSA) is 241 Å². The number of nitrogens with zero attached hydrogens (tertiary/aromatic N) is 2. The third kappa shape index (κ3) is 12.8. The average Bonchev–Trinajstić information content (AvgIpc) is 3.91. The van der Waals surface area contributed by atoms with Crippen molar-refractivity contribution in [2.75, 3.05) is 32.7 Å². The lowest BCUT2D eigenvalue weighted by Crippen LogP contribution is -2.56. The molecule has 1 spiro atoms. The van der Waals surface area contributed by atoms with Crippen molar-refractivity contribution in [1.82, 2.24) is 25.8 Å². The molecule has 0 radical (unpaired) electrons.